The van der Waals surface area contributed by atoms with Crippen LogP contribution >= 0.6 is 0 Å². The highest BCUT2D eigenvalue weighted by Crippen LogP contribution is 2.06. The van der Waals surface area contributed by atoms with Crippen molar-refractivity contribution in [3.05, 3.63) is 29.6 Å². The van der Waals surface area contributed by atoms with E-state index in [9.17, 15) is 4.79 Å². The highest BCUT2D eigenvalue weighted by Gasteiger charge is 2.17. The molecule has 1 aromatic heterocycles. The van der Waals surface area contributed by atoms with E-state index in [0.29, 0.717) is 5.69 Å². The second kappa shape index (κ2) is 5.07. The number of piperidine rings is 1. The monoisotopic (exact) mass is 219 g/mol. The fourth-order valence-corrected chi connectivity index (χ4v) is 1.95. The first-order chi connectivity index (χ1) is 7.77. The van der Waals surface area contributed by atoms with Crippen molar-refractivity contribution in [2.75, 3.05) is 13.1 Å². The van der Waals surface area contributed by atoms with Gasteiger partial charge in [-0.1, -0.05) is 6.07 Å². The highest BCUT2D eigenvalue weighted by atomic mass is 16.1. The molecule has 86 valence electrons. The molecule has 16 heavy (non-hydrogen) atoms. The van der Waals surface area contributed by atoms with Crippen molar-refractivity contribution < 1.29 is 4.79 Å². The maximum absolute atomic E-state index is 11.9. The minimum absolute atomic E-state index is 0.0631. The van der Waals surface area contributed by atoms with Crippen LogP contribution in [0.3, 0.4) is 0 Å². The van der Waals surface area contributed by atoms with Crippen LogP contribution in [0.1, 0.15) is 28.9 Å². The van der Waals surface area contributed by atoms with Crippen molar-refractivity contribution in [2.45, 2.75) is 25.8 Å². The molecule has 2 rings (SSSR count). The second-order valence-electron chi connectivity index (χ2n) is 4.19. The Morgan fingerprint density at radius 3 is 3.19 bits per heavy atom. The number of nitrogens with zero attached hydrogens (tertiary/aromatic N) is 1. The lowest BCUT2D eigenvalue weighted by Crippen LogP contribution is -2.45. The summed E-state index contributed by atoms with van der Waals surface area (Å²) in [5.74, 6) is -0.0631. The Labute approximate surface area is 95.5 Å². The average Bonchev–Trinajstić information content (AvgIpc) is 2.31. The van der Waals surface area contributed by atoms with Gasteiger partial charge in [0, 0.05) is 18.8 Å². The SMILES string of the molecule is Cc1cccnc1C(=O)N[C@H]1CCCNC1. The summed E-state index contributed by atoms with van der Waals surface area (Å²) >= 11 is 0. The Balaban J connectivity index is 2.00. The highest BCUT2D eigenvalue weighted by molar-refractivity contribution is 5.93. The van der Waals surface area contributed by atoms with Crippen LogP contribution in [-0.4, -0.2) is 30.0 Å². The molecule has 1 amide bonds. The van der Waals surface area contributed by atoms with Gasteiger partial charge >= 0.3 is 0 Å². The van der Waals surface area contributed by atoms with Crippen LogP contribution in [0.25, 0.3) is 0 Å². The van der Waals surface area contributed by atoms with E-state index >= 15 is 0 Å². The number of hydrogen-bond donors (Lipinski definition) is 2. The van der Waals surface area contributed by atoms with Crippen molar-refractivity contribution >= 4 is 5.91 Å². The van der Waals surface area contributed by atoms with Crippen molar-refractivity contribution in [1.29, 1.82) is 0 Å². The second-order valence-corrected chi connectivity index (χ2v) is 4.19. The first-order valence-electron chi connectivity index (χ1n) is 5.70. The summed E-state index contributed by atoms with van der Waals surface area (Å²) in [7, 11) is 0. The number of carbonyl (C=O) groups is 1. The van der Waals surface area contributed by atoms with E-state index in [1.165, 1.54) is 0 Å². The zero-order valence-electron chi connectivity index (χ0n) is 9.49. The topological polar surface area (TPSA) is 54.0 Å². The molecule has 1 fully saturated rings. The van der Waals surface area contributed by atoms with Gasteiger partial charge in [-0.15, -0.1) is 0 Å². The molecular formula is C12H17N3O. The summed E-state index contributed by atoms with van der Waals surface area (Å²) < 4.78 is 0. The van der Waals surface area contributed by atoms with E-state index in [-0.39, 0.29) is 11.9 Å². The summed E-state index contributed by atoms with van der Waals surface area (Å²) in [5, 5.41) is 6.28. The van der Waals surface area contributed by atoms with Crippen molar-refractivity contribution in [2.24, 2.45) is 0 Å². The van der Waals surface area contributed by atoms with E-state index in [4.69, 9.17) is 0 Å². The van der Waals surface area contributed by atoms with Gasteiger partial charge in [-0.25, -0.2) is 0 Å². The van der Waals surface area contributed by atoms with Crippen LogP contribution in [0.4, 0.5) is 0 Å². The predicted octanol–water partition coefficient (Wildman–Crippen LogP) is 0.872. The van der Waals surface area contributed by atoms with Gasteiger partial charge < -0.3 is 10.6 Å². The first kappa shape index (κ1) is 11.1. The van der Waals surface area contributed by atoms with Gasteiger partial charge in [-0.2, -0.15) is 0 Å². The van der Waals surface area contributed by atoms with Crippen LogP contribution < -0.4 is 10.6 Å². The Kier molecular flexibility index (Phi) is 3.51. The van der Waals surface area contributed by atoms with E-state index < -0.39 is 0 Å². The molecule has 0 aromatic carbocycles. The molecule has 2 N–H and O–H groups in total. The van der Waals surface area contributed by atoms with Gasteiger partial charge in [0.25, 0.3) is 5.91 Å². The lowest BCUT2D eigenvalue weighted by Gasteiger charge is -2.23. The maximum Gasteiger partial charge on any atom is 0.270 e. The van der Waals surface area contributed by atoms with E-state index in [1.807, 2.05) is 19.1 Å². The van der Waals surface area contributed by atoms with Crippen molar-refractivity contribution in [3.8, 4) is 0 Å². The third-order valence-corrected chi connectivity index (χ3v) is 2.86. The van der Waals surface area contributed by atoms with Crippen molar-refractivity contribution in [1.82, 2.24) is 15.6 Å². The Hall–Kier alpha value is -1.42. The van der Waals surface area contributed by atoms with Crippen LogP contribution in [-0.2, 0) is 0 Å². The lowest BCUT2D eigenvalue weighted by atomic mass is 10.1. The zero-order valence-corrected chi connectivity index (χ0v) is 9.49. The normalized spacial score (nSPS) is 20.4. The van der Waals surface area contributed by atoms with E-state index in [2.05, 4.69) is 15.6 Å². The summed E-state index contributed by atoms with van der Waals surface area (Å²) in [4.78, 5) is 16.0. The van der Waals surface area contributed by atoms with Crippen LogP contribution in [0, 0.1) is 6.92 Å². The number of nitrogens with one attached hydrogen (secondary N) is 2. The number of amides is 1. The number of aryl methyl sites for hydroxylation is 1. The first-order valence-corrected chi connectivity index (χ1v) is 5.70. The fourth-order valence-electron chi connectivity index (χ4n) is 1.95. The molecule has 0 radical (unpaired) electrons. The molecule has 0 unspecified atom stereocenters. The standard InChI is InChI=1S/C12H17N3O/c1-9-4-2-7-14-11(9)12(16)15-10-5-3-6-13-8-10/h2,4,7,10,13H,3,5-6,8H2,1H3,(H,15,16)/t10-/m0/s1. The van der Waals surface area contributed by atoms with E-state index in [1.54, 1.807) is 6.20 Å². The Morgan fingerprint density at radius 1 is 1.62 bits per heavy atom. The molecule has 4 nitrogen and oxygen atoms in total. The van der Waals surface area contributed by atoms with Crippen molar-refractivity contribution in [3.63, 3.8) is 0 Å². The van der Waals surface area contributed by atoms with Crippen LogP contribution in [0.5, 0.6) is 0 Å². The molecule has 4 heteroatoms. The average molecular weight is 219 g/mol. The number of aromatic nitrogens is 1. The Bertz CT molecular complexity index is 372. The summed E-state index contributed by atoms with van der Waals surface area (Å²) in [6.45, 7) is 3.81. The summed E-state index contributed by atoms with van der Waals surface area (Å²) in [5.41, 5.74) is 1.46. The zero-order chi connectivity index (χ0) is 11.4. The summed E-state index contributed by atoms with van der Waals surface area (Å²) in [6, 6.07) is 3.98. The van der Waals surface area contributed by atoms with Gasteiger partial charge in [0.15, 0.2) is 0 Å². The largest absolute Gasteiger partial charge is 0.347 e. The van der Waals surface area contributed by atoms with E-state index in [0.717, 1.165) is 31.5 Å². The molecule has 1 aliphatic rings. The quantitative estimate of drug-likeness (QED) is 0.776. The summed E-state index contributed by atoms with van der Waals surface area (Å²) in [6.07, 6.45) is 3.82. The minimum atomic E-state index is -0.0631. The van der Waals surface area contributed by atoms with Gasteiger partial charge in [0.05, 0.1) is 0 Å². The Morgan fingerprint density at radius 2 is 2.50 bits per heavy atom. The van der Waals surface area contributed by atoms with Crippen LogP contribution in [0.15, 0.2) is 18.3 Å². The fraction of sp³-hybridized carbons (Fsp3) is 0.500. The molecule has 0 saturated carbocycles. The van der Waals surface area contributed by atoms with Gasteiger partial charge in [-0.3, -0.25) is 9.78 Å². The van der Waals surface area contributed by atoms with Gasteiger partial charge in [-0.05, 0) is 37.9 Å². The third-order valence-electron chi connectivity index (χ3n) is 2.86. The molecule has 0 spiro atoms. The smallest absolute Gasteiger partial charge is 0.270 e. The maximum atomic E-state index is 11.9. The molecule has 1 aromatic rings. The third kappa shape index (κ3) is 2.58. The lowest BCUT2D eigenvalue weighted by molar-refractivity contribution is 0.0925. The minimum Gasteiger partial charge on any atom is -0.347 e. The number of hydrogen-bond acceptors (Lipinski definition) is 3. The number of pyridine rings is 1. The molecule has 1 saturated heterocycles. The molecule has 0 bridgehead atoms. The predicted molar refractivity (Wildman–Crippen MR) is 62.3 cm³/mol. The molecule has 1 atom stereocenters. The molecule has 1 aliphatic heterocycles. The molecule has 0 aliphatic carbocycles. The molecule has 2 heterocycles. The molecular weight excluding hydrogens is 202 g/mol. The van der Waals surface area contributed by atoms with Crippen LogP contribution in [0.2, 0.25) is 0 Å². The number of rotatable bonds is 2. The number of carbonyl (C=O) groups excluding carboxylic acids is 1. The van der Waals surface area contributed by atoms with Gasteiger partial charge in [0.1, 0.15) is 5.69 Å². The van der Waals surface area contributed by atoms with Gasteiger partial charge in [0.2, 0.25) is 0 Å².